The second-order valence-electron chi connectivity index (χ2n) is 7.44. The number of halogens is 3. The number of alkyl halides is 3. The molecule has 1 heterocycles. The van der Waals surface area contributed by atoms with Gasteiger partial charge in [0.15, 0.2) is 5.78 Å². The summed E-state index contributed by atoms with van der Waals surface area (Å²) in [4.78, 5) is 29.6. The van der Waals surface area contributed by atoms with Crippen molar-refractivity contribution in [3.63, 3.8) is 0 Å². The third-order valence-corrected chi connectivity index (χ3v) is 5.48. The average Bonchev–Trinajstić information content (AvgIpc) is 3.18. The molecular weight excluding hydrogens is 419 g/mol. The SMILES string of the molecule is CCOC(OCCOC)c1nc(C(F)(F)F)ccc1C(=O)C1=C(O)C2CCC(C2)C1=O. The molecule has 3 rings (SSSR count). The predicted octanol–water partition coefficient (Wildman–Crippen LogP) is 3.79. The Hall–Kier alpha value is -2.30. The van der Waals surface area contributed by atoms with Gasteiger partial charge in [0, 0.05) is 31.1 Å². The Bertz CT molecular complexity index is 882. The quantitative estimate of drug-likeness (QED) is 0.269. The number of ether oxygens (including phenoxy) is 3. The zero-order valence-electron chi connectivity index (χ0n) is 17.2. The summed E-state index contributed by atoms with van der Waals surface area (Å²) < 4.78 is 55.6. The van der Waals surface area contributed by atoms with E-state index in [1.807, 2.05) is 0 Å². The van der Waals surface area contributed by atoms with Crippen LogP contribution in [-0.2, 0) is 25.2 Å². The molecule has 7 nitrogen and oxygen atoms in total. The van der Waals surface area contributed by atoms with E-state index in [1.165, 1.54) is 7.11 Å². The van der Waals surface area contributed by atoms with E-state index in [9.17, 15) is 27.9 Å². The van der Waals surface area contributed by atoms with E-state index >= 15 is 0 Å². The van der Waals surface area contributed by atoms with Gasteiger partial charge in [-0.3, -0.25) is 9.59 Å². The fourth-order valence-electron chi connectivity index (χ4n) is 3.97. The number of Topliss-reactive ketones (excluding diaryl/α,β-unsaturated/α-hetero) is 2. The maximum atomic E-state index is 13.3. The van der Waals surface area contributed by atoms with Crippen LogP contribution in [0.4, 0.5) is 13.2 Å². The maximum Gasteiger partial charge on any atom is 0.433 e. The molecule has 3 unspecified atom stereocenters. The minimum atomic E-state index is -4.76. The van der Waals surface area contributed by atoms with Gasteiger partial charge in [-0.2, -0.15) is 13.2 Å². The lowest BCUT2D eigenvalue weighted by molar-refractivity contribution is -0.156. The van der Waals surface area contributed by atoms with Crippen LogP contribution in [0.5, 0.6) is 0 Å². The van der Waals surface area contributed by atoms with E-state index in [4.69, 9.17) is 14.2 Å². The van der Waals surface area contributed by atoms with Crippen LogP contribution in [0.15, 0.2) is 23.5 Å². The summed E-state index contributed by atoms with van der Waals surface area (Å²) in [5.74, 6) is -2.34. The Morgan fingerprint density at radius 2 is 1.94 bits per heavy atom. The number of nitrogens with zero attached hydrogens (tertiary/aromatic N) is 1. The number of hydrogen-bond donors (Lipinski definition) is 1. The van der Waals surface area contributed by atoms with E-state index < -0.39 is 35.4 Å². The maximum absolute atomic E-state index is 13.3. The van der Waals surface area contributed by atoms with Crippen molar-refractivity contribution in [1.29, 1.82) is 0 Å². The van der Waals surface area contributed by atoms with Crippen LogP contribution >= 0.6 is 0 Å². The fourth-order valence-corrected chi connectivity index (χ4v) is 3.97. The molecule has 0 aliphatic heterocycles. The molecule has 1 N–H and O–H groups in total. The zero-order chi connectivity index (χ0) is 22.8. The molecule has 0 amide bonds. The zero-order valence-corrected chi connectivity index (χ0v) is 17.2. The van der Waals surface area contributed by atoms with Crippen LogP contribution in [0.3, 0.4) is 0 Å². The molecule has 2 aliphatic carbocycles. The van der Waals surface area contributed by atoms with Crippen molar-refractivity contribution in [3.8, 4) is 0 Å². The first kappa shape index (κ1) is 23.4. The van der Waals surface area contributed by atoms with Crippen LogP contribution in [0.1, 0.15) is 54.2 Å². The van der Waals surface area contributed by atoms with Gasteiger partial charge in [0.2, 0.25) is 12.1 Å². The highest BCUT2D eigenvalue weighted by Gasteiger charge is 2.44. The van der Waals surface area contributed by atoms with Gasteiger partial charge < -0.3 is 19.3 Å². The lowest BCUT2D eigenvalue weighted by atomic mass is 9.83. The number of fused-ring (bicyclic) bond motifs is 2. The molecule has 0 spiro atoms. The van der Waals surface area contributed by atoms with Crippen LogP contribution < -0.4 is 0 Å². The van der Waals surface area contributed by atoms with E-state index in [2.05, 4.69) is 4.98 Å². The van der Waals surface area contributed by atoms with Crippen molar-refractivity contribution in [1.82, 2.24) is 4.98 Å². The van der Waals surface area contributed by atoms with Gasteiger partial charge >= 0.3 is 6.18 Å². The second-order valence-corrected chi connectivity index (χ2v) is 7.44. The van der Waals surface area contributed by atoms with Crippen LogP contribution in [-0.4, -0.2) is 48.6 Å². The van der Waals surface area contributed by atoms with Gasteiger partial charge in [-0.15, -0.1) is 0 Å². The first-order valence-corrected chi connectivity index (χ1v) is 10.0. The fraction of sp³-hybridized carbons (Fsp3) is 0.571. The topological polar surface area (TPSA) is 94.9 Å². The van der Waals surface area contributed by atoms with Crippen LogP contribution in [0.25, 0.3) is 0 Å². The first-order valence-electron chi connectivity index (χ1n) is 10.0. The molecular formula is C21H24F3NO6. The second kappa shape index (κ2) is 9.46. The molecule has 1 aromatic heterocycles. The number of ketones is 2. The summed E-state index contributed by atoms with van der Waals surface area (Å²) in [6.07, 6.45) is -4.54. The van der Waals surface area contributed by atoms with Crippen LogP contribution in [0.2, 0.25) is 0 Å². The molecule has 1 fully saturated rings. The molecule has 1 aromatic rings. The molecule has 0 saturated heterocycles. The molecule has 2 aliphatic rings. The number of carbonyl (C=O) groups excluding carboxylic acids is 2. The number of aromatic nitrogens is 1. The molecule has 0 aromatic carbocycles. The minimum absolute atomic E-state index is 0.0241. The van der Waals surface area contributed by atoms with Gasteiger partial charge in [0.25, 0.3) is 0 Å². The van der Waals surface area contributed by atoms with Gasteiger partial charge in [-0.25, -0.2) is 4.98 Å². The number of carbonyl (C=O) groups is 2. The molecule has 1 saturated carbocycles. The number of aliphatic hydroxyl groups excluding tert-OH is 1. The largest absolute Gasteiger partial charge is 0.511 e. The van der Waals surface area contributed by atoms with E-state index in [0.717, 1.165) is 6.07 Å². The molecule has 10 heteroatoms. The molecule has 170 valence electrons. The summed E-state index contributed by atoms with van der Waals surface area (Å²) in [6.45, 7) is 1.79. The summed E-state index contributed by atoms with van der Waals surface area (Å²) in [5, 5.41) is 10.5. The van der Waals surface area contributed by atoms with Gasteiger partial charge in [0.05, 0.1) is 13.2 Å². The Morgan fingerprint density at radius 3 is 2.58 bits per heavy atom. The lowest BCUT2D eigenvalue weighted by Gasteiger charge is -2.23. The van der Waals surface area contributed by atoms with Crippen molar-refractivity contribution in [3.05, 3.63) is 40.4 Å². The number of methoxy groups -OCH3 is 1. The predicted molar refractivity (Wildman–Crippen MR) is 101 cm³/mol. The number of allylic oxidation sites excluding steroid dienone is 2. The first-order chi connectivity index (χ1) is 14.7. The molecule has 2 bridgehead atoms. The number of rotatable bonds is 9. The summed E-state index contributed by atoms with van der Waals surface area (Å²) in [6, 6.07) is 1.61. The third-order valence-electron chi connectivity index (χ3n) is 5.48. The summed E-state index contributed by atoms with van der Waals surface area (Å²) >= 11 is 0. The van der Waals surface area contributed by atoms with Crippen LogP contribution in [0, 0.1) is 11.8 Å². The molecule has 0 radical (unpaired) electrons. The van der Waals surface area contributed by atoms with Gasteiger partial charge in [0.1, 0.15) is 22.7 Å². The summed E-state index contributed by atoms with van der Waals surface area (Å²) in [5.41, 5.74) is -2.29. The Labute approximate surface area is 177 Å². The summed E-state index contributed by atoms with van der Waals surface area (Å²) in [7, 11) is 1.43. The van der Waals surface area contributed by atoms with E-state index in [-0.39, 0.29) is 48.6 Å². The van der Waals surface area contributed by atoms with E-state index in [1.54, 1.807) is 6.92 Å². The Balaban J connectivity index is 2.07. The van der Waals surface area contributed by atoms with Crippen molar-refractivity contribution < 1.29 is 42.1 Å². The van der Waals surface area contributed by atoms with Crippen molar-refractivity contribution >= 4 is 11.6 Å². The Kier molecular flexibility index (Phi) is 7.13. The Morgan fingerprint density at radius 1 is 1.23 bits per heavy atom. The van der Waals surface area contributed by atoms with E-state index in [0.29, 0.717) is 25.3 Å². The molecule has 31 heavy (non-hydrogen) atoms. The minimum Gasteiger partial charge on any atom is -0.511 e. The highest BCUT2D eigenvalue weighted by Crippen LogP contribution is 2.43. The lowest BCUT2D eigenvalue weighted by Crippen LogP contribution is -2.29. The van der Waals surface area contributed by atoms with Crippen molar-refractivity contribution in [2.45, 2.75) is 38.7 Å². The third kappa shape index (κ3) is 4.81. The van der Waals surface area contributed by atoms with Crippen molar-refractivity contribution in [2.75, 3.05) is 26.9 Å². The van der Waals surface area contributed by atoms with Crippen molar-refractivity contribution in [2.24, 2.45) is 11.8 Å². The van der Waals surface area contributed by atoms with Gasteiger partial charge in [-0.1, -0.05) is 0 Å². The smallest absolute Gasteiger partial charge is 0.433 e. The number of aliphatic hydroxyl groups is 1. The number of pyridine rings is 1. The normalized spacial score (nSPS) is 22.2. The monoisotopic (exact) mass is 443 g/mol. The highest BCUT2D eigenvalue weighted by molar-refractivity contribution is 6.28. The molecule has 3 atom stereocenters. The van der Waals surface area contributed by atoms with Gasteiger partial charge in [-0.05, 0) is 38.3 Å². The standard InChI is InChI=1S/C21H24F3NO6/c1-3-30-20(31-9-8-29-2)16-13(6-7-14(25-16)21(22,23)24)19(28)15-17(26)11-4-5-12(10-11)18(15)27/h6-7,11-12,20,26H,3-5,8-10H2,1-2H3. The number of hydrogen-bond acceptors (Lipinski definition) is 7. The highest BCUT2D eigenvalue weighted by atomic mass is 19.4. The average molecular weight is 443 g/mol.